The summed E-state index contributed by atoms with van der Waals surface area (Å²) in [6, 6.07) is 0. The molecule has 1 aliphatic carbocycles. The average Bonchev–Trinajstić information content (AvgIpc) is 3.06. The van der Waals surface area contributed by atoms with Crippen molar-refractivity contribution >= 4 is 17.7 Å². The van der Waals surface area contributed by atoms with E-state index in [4.69, 9.17) is 9.47 Å². The number of thioether (sulfide) groups is 1. The van der Waals surface area contributed by atoms with E-state index in [0.29, 0.717) is 18.9 Å². The van der Waals surface area contributed by atoms with Gasteiger partial charge in [0.15, 0.2) is 0 Å². The minimum absolute atomic E-state index is 0.0489. The summed E-state index contributed by atoms with van der Waals surface area (Å²) in [6.07, 6.45) is 5.80. The van der Waals surface area contributed by atoms with Gasteiger partial charge in [-0.2, -0.15) is 11.8 Å². The monoisotopic (exact) mass is 312 g/mol. The zero-order chi connectivity index (χ0) is 14.5. The summed E-state index contributed by atoms with van der Waals surface area (Å²) in [5, 5.41) is 10.1. The van der Waals surface area contributed by atoms with Crippen LogP contribution in [0.5, 0.6) is 0 Å². The number of hydrogen-bond donors (Lipinski definition) is 1. The number of ether oxygens (including phenoxy) is 2. The Hall–Kier alpha value is -0.260. The Bertz CT molecular complexity index is 430. The van der Waals surface area contributed by atoms with Crippen molar-refractivity contribution in [3.05, 3.63) is 0 Å². The van der Waals surface area contributed by atoms with E-state index in [-0.39, 0.29) is 17.6 Å². The van der Waals surface area contributed by atoms with Gasteiger partial charge < -0.3 is 14.6 Å². The van der Waals surface area contributed by atoms with Gasteiger partial charge in [-0.1, -0.05) is 0 Å². The van der Waals surface area contributed by atoms with Gasteiger partial charge in [-0.15, -0.1) is 0 Å². The zero-order valence-corrected chi connectivity index (χ0v) is 13.2. The van der Waals surface area contributed by atoms with E-state index in [1.165, 1.54) is 0 Å². The predicted molar refractivity (Wildman–Crippen MR) is 80.5 cm³/mol. The van der Waals surface area contributed by atoms with Crippen molar-refractivity contribution in [1.82, 2.24) is 0 Å². The molecule has 0 radical (unpaired) electrons. The van der Waals surface area contributed by atoms with Gasteiger partial charge in [-0.05, 0) is 56.1 Å². The molecule has 0 aromatic carbocycles. The van der Waals surface area contributed by atoms with Crippen molar-refractivity contribution in [2.45, 2.75) is 50.2 Å². The molecule has 5 heteroatoms. The first-order chi connectivity index (χ1) is 10.2. The topological polar surface area (TPSA) is 55.8 Å². The molecule has 0 bridgehead atoms. The van der Waals surface area contributed by atoms with Crippen molar-refractivity contribution < 1.29 is 19.4 Å². The van der Waals surface area contributed by atoms with E-state index >= 15 is 0 Å². The van der Waals surface area contributed by atoms with Gasteiger partial charge >= 0.3 is 5.97 Å². The van der Waals surface area contributed by atoms with Crippen LogP contribution in [0.1, 0.15) is 38.5 Å². The van der Waals surface area contributed by atoms with Gasteiger partial charge in [0.25, 0.3) is 0 Å². The minimum atomic E-state index is -0.648. The smallest absolute Gasteiger partial charge is 0.312 e. The van der Waals surface area contributed by atoms with Gasteiger partial charge in [-0.25, -0.2) is 0 Å². The van der Waals surface area contributed by atoms with Gasteiger partial charge in [0, 0.05) is 19.0 Å². The van der Waals surface area contributed by atoms with E-state index in [9.17, 15) is 9.90 Å². The number of aliphatic carboxylic acids is 1. The SMILES string of the molecule is O=C(O)C1(C2CCOC3(CCSC3)C2)CCOC1C1CC1. The highest BCUT2D eigenvalue weighted by Gasteiger charge is 2.61. The van der Waals surface area contributed by atoms with Crippen molar-refractivity contribution in [2.75, 3.05) is 24.7 Å². The van der Waals surface area contributed by atoms with Crippen LogP contribution in [0.2, 0.25) is 0 Å². The highest BCUT2D eigenvalue weighted by Crippen LogP contribution is 2.56. The molecular weight excluding hydrogens is 288 g/mol. The number of carbonyl (C=O) groups is 1. The second-order valence-electron chi connectivity index (χ2n) is 7.25. The molecule has 3 saturated heterocycles. The maximum atomic E-state index is 12.2. The molecule has 3 aliphatic heterocycles. The summed E-state index contributed by atoms with van der Waals surface area (Å²) in [6.45, 7) is 1.34. The number of carboxylic acid groups (broad SMARTS) is 1. The number of hydrogen-bond acceptors (Lipinski definition) is 4. The fourth-order valence-electron chi connectivity index (χ4n) is 4.77. The highest BCUT2D eigenvalue weighted by molar-refractivity contribution is 7.99. The third-order valence-electron chi connectivity index (χ3n) is 6.06. The van der Waals surface area contributed by atoms with E-state index < -0.39 is 11.4 Å². The zero-order valence-electron chi connectivity index (χ0n) is 12.4. The van der Waals surface area contributed by atoms with E-state index in [2.05, 4.69) is 0 Å². The minimum Gasteiger partial charge on any atom is -0.481 e. The lowest BCUT2D eigenvalue weighted by atomic mass is 9.63. The standard InChI is InChI=1S/C16H24O4S/c17-14(18)16(4-7-19-13(16)11-1-2-11)12-3-6-20-15(9-12)5-8-21-10-15/h11-13H,1-10H2,(H,17,18). The second kappa shape index (κ2) is 5.14. The summed E-state index contributed by atoms with van der Waals surface area (Å²) in [4.78, 5) is 12.2. The molecule has 1 spiro atoms. The van der Waals surface area contributed by atoms with Crippen molar-refractivity contribution in [3.8, 4) is 0 Å². The molecule has 0 aromatic heterocycles. The summed E-state index contributed by atoms with van der Waals surface area (Å²) in [5.74, 6) is 2.27. The van der Waals surface area contributed by atoms with Crippen molar-refractivity contribution in [1.29, 1.82) is 0 Å². The van der Waals surface area contributed by atoms with Crippen LogP contribution >= 0.6 is 11.8 Å². The maximum Gasteiger partial charge on any atom is 0.312 e. The second-order valence-corrected chi connectivity index (χ2v) is 8.35. The predicted octanol–water partition coefficient (Wildman–Crippen LogP) is 2.56. The van der Waals surface area contributed by atoms with Gasteiger partial charge in [0.1, 0.15) is 0 Å². The fraction of sp³-hybridized carbons (Fsp3) is 0.938. The molecule has 1 N–H and O–H groups in total. The number of rotatable bonds is 3. The Labute approximate surface area is 129 Å². The lowest BCUT2D eigenvalue weighted by molar-refractivity contribution is -0.169. The van der Waals surface area contributed by atoms with E-state index in [1.54, 1.807) is 0 Å². The molecular formula is C16H24O4S. The molecule has 3 heterocycles. The third-order valence-corrected chi connectivity index (χ3v) is 7.28. The first-order valence-corrected chi connectivity index (χ1v) is 9.38. The molecule has 4 nitrogen and oxygen atoms in total. The van der Waals surface area contributed by atoms with Crippen LogP contribution in [0.15, 0.2) is 0 Å². The molecule has 0 aromatic rings. The van der Waals surface area contributed by atoms with Crippen LogP contribution in [-0.2, 0) is 14.3 Å². The normalized spacial score (nSPS) is 47.0. The first-order valence-electron chi connectivity index (χ1n) is 8.23. The maximum absolute atomic E-state index is 12.2. The van der Waals surface area contributed by atoms with Crippen LogP contribution in [0, 0.1) is 17.3 Å². The van der Waals surface area contributed by atoms with Crippen LogP contribution in [-0.4, -0.2) is 47.5 Å². The number of carboxylic acids is 1. The van der Waals surface area contributed by atoms with Crippen LogP contribution in [0.3, 0.4) is 0 Å². The first kappa shape index (κ1) is 14.3. The summed E-state index contributed by atoms with van der Waals surface area (Å²) in [5.41, 5.74) is -0.697. The Balaban J connectivity index is 1.62. The van der Waals surface area contributed by atoms with Gasteiger partial charge in [0.05, 0.1) is 17.1 Å². The van der Waals surface area contributed by atoms with Crippen LogP contribution in [0.4, 0.5) is 0 Å². The molecule has 0 amide bonds. The molecule has 4 atom stereocenters. The largest absolute Gasteiger partial charge is 0.481 e. The molecule has 118 valence electrons. The van der Waals surface area contributed by atoms with Crippen molar-refractivity contribution in [3.63, 3.8) is 0 Å². The van der Waals surface area contributed by atoms with Crippen molar-refractivity contribution in [2.24, 2.45) is 17.3 Å². The molecule has 4 unspecified atom stereocenters. The quantitative estimate of drug-likeness (QED) is 0.868. The Morgan fingerprint density at radius 1 is 1.19 bits per heavy atom. The third kappa shape index (κ3) is 2.23. The molecule has 4 rings (SSSR count). The summed E-state index contributed by atoms with van der Waals surface area (Å²) >= 11 is 1.95. The lowest BCUT2D eigenvalue weighted by Crippen LogP contribution is -2.52. The van der Waals surface area contributed by atoms with E-state index in [0.717, 1.165) is 50.2 Å². The van der Waals surface area contributed by atoms with E-state index in [1.807, 2.05) is 11.8 Å². The van der Waals surface area contributed by atoms with Crippen LogP contribution in [0.25, 0.3) is 0 Å². The highest BCUT2D eigenvalue weighted by atomic mass is 32.2. The molecule has 21 heavy (non-hydrogen) atoms. The lowest BCUT2D eigenvalue weighted by Gasteiger charge is -2.45. The molecule has 4 aliphatic rings. The Kier molecular flexibility index (Phi) is 3.51. The van der Waals surface area contributed by atoms with Gasteiger partial charge in [-0.3, -0.25) is 4.79 Å². The average molecular weight is 312 g/mol. The van der Waals surface area contributed by atoms with Gasteiger partial charge in [0.2, 0.25) is 0 Å². The Morgan fingerprint density at radius 3 is 2.71 bits per heavy atom. The summed E-state index contributed by atoms with van der Waals surface area (Å²) < 4.78 is 12.0. The van der Waals surface area contributed by atoms with Crippen LogP contribution < -0.4 is 0 Å². The Morgan fingerprint density at radius 2 is 2.05 bits per heavy atom. The fourth-order valence-corrected chi connectivity index (χ4v) is 6.15. The molecule has 4 fully saturated rings. The molecule has 1 saturated carbocycles. The summed E-state index contributed by atoms with van der Waals surface area (Å²) in [7, 11) is 0.